The average molecular weight is 398 g/mol. The number of rotatable bonds is 3. The molecule has 2 aromatic heterocycles. The Kier molecular flexibility index (Phi) is 4.36. The van der Waals surface area contributed by atoms with E-state index in [1.165, 1.54) is 0 Å². The SMILES string of the molecule is O=C(c1cncc(Br)c1)N1CC[C@@H](Oc2ccc3ccccc3n2)C1. The van der Waals surface area contributed by atoms with E-state index in [2.05, 4.69) is 25.9 Å². The lowest BCUT2D eigenvalue weighted by Crippen LogP contribution is -2.31. The third-order valence-electron chi connectivity index (χ3n) is 4.24. The van der Waals surface area contributed by atoms with Crippen LogP contribution >= 0.6 is 15.9 Å². The number of hydrogen-bond donors (Lipinski definition) is 0. The number of para-hydroxylation sites is 1. The first-order valence-corrected chi connectivity index (χ1v) is 8.90. The van der Waals surface area contributed by atoms with E-state index in [-0.39, 0.29) is 12.0 Å². The number of hydrogen-bond acceptors (Lipinski definition) is 4. The zero-order valence-corrected chi connectivity index (χ0v) is 15.0. The highest BCUT2D eigenvalue weighted by molar-refractivity contribution is 9.10. The minimum Gasteiger partial charge on any atom is -0.472 e. The summed E-state index contributed by atoms with van der Waals surface area (Å²) in [6.07, 6.45) is 4.00. The molecule has 1 aromatic carbocycles. The van der Waals surface area contributed by atoms with Crippen LogP contribution in [0.25, 0.3) is 10.9 Å². The number of aromatic nitrogens is 2. The van der Waals surface area contributed by atoms with E-state index in [0.29, 0.717) is 24.5 Å². The predicted molar refractivity (Wildman–Crippen MR) is 98.6 cm³/mol. The number of halogens is 1. The van der Waals surface area contributed by atoms with E-state index >= 15 is 0 Å². The molecule has 1 amide bonds. The Morgan fingerprint density at radius 2 is 2.08 bits per heavy atom. The van der Waals surface area contributed by atoms with Crippen molar-refractivity contribution in [1.29, 1.82) is 0 Å². The van der Waals surface area contributed by atoms with Crippen LogP contribution in [-0.4, -0.2) is 40.0 Å². The quantitative estimate of drug-likeness (QED) is 0.676. The van der Waals surface area contributed by atoms with Crippen molar-refractivity contribution in [2.45, 2.75) is 12.5 Å². The van der Waals surface area contributed by atoms with E-state index in [1.54, 1.807) is 23.4 Å². The van der Waals surface area contributed by atoms with Crippen molar-refractivity contribution in [2.75, 3.05) is 13.1 Å². The van der Waals surface area contributed by atoms with E-state index in [4.69, 9.17) is 4.74 Å². The van der Waals surface area contributed by atoms with Gasteiger partial charge in [-0.1, -0.05) is 18.2 Å². The molecule has 1 aliphatic heterocycles. The Morgan fingerprint density at radius 1 is 1.20 bits per heavy atom. The minimum absolute atomic E-state index is 0.0219. The van der Waals surface area contributed by atoms with Crippen molar-refractivity contribution in [1.82, 2.24) is 14.9 Å². The molecule has 1 saturated heterocycles. The van der Waals surface area contributed by atoms with Crippen LogP contribution in [0.5, 0.6) is 5.88 Å². The van der Waals surface area contributed by atoms with Crippen molar-refractivity contribution >= 4 is 32.7 Å². The highest BCUT2D eigenvalue weighted by Gasteiger charge is 2.28. The molecule has 0 bridgehead atoms. The molecule has 4 rings (SSSR count). The molecule has 126 valence electrons. The number of carbonyl (C=O) groups is 1. The molecule has 1 aliphatic rings. The van der Waals surface area contributed by atoms with Crippen molar-refractivity contribution in [2.24, 2.45) is 0 Å². The third kappa shape index (κ3) is 3.49. The standard InChI is InChI=1S/C19H16BrN3O2/c20-15-9-14(10-21-11-15)19(24)23-8-7-16(12-23)25-18-6-5-13-3-1-2-4-17(13)22-18/h1-6,9-11,16H,7-8,12H2/t16-/m1/s1. The second-order valence-corrected chi connectivity index (χ2v) is 6.93. The summed E-state index contributed by atoms with van der Waals surface area (Å²) >= 11 is 3.35. The van der Waals surface area contributed by atoms with Gasteiger partial charge in [-0.3, -0.25) is 9.78 Å². The first-order chi connectivity index (χ1) is 12.2. The second kappa shape index (κ2) is 6.80. The molecule has 1 fully saturated rings. The summed E-state index contributed by atoms with van der Waals surface area (Å²) in [6.45, 7) is 1.23. The molecule has 1 atom stereocenters. The van der Waals surface area contributed by atoms with Crippen molar-refractivity contribution in [3.05, 3.63) is 64.9 Å². The Morgan fingerprint density at radius 3 is 2.96 bits per heavy atom. The van der Waals surface area contributed by atoms with Crippen LogP contribution in [0.2, 0.25) is 0 Å². The Labute approximate surface area is 153 Å². The zero-order valence-electron chi connectivity index (χ0n) is 13.4. The Balaban J connectivity index is 1.44. The minimum atomic E-state index is -0.0438. The fourth-order valence-corrected chi connectivity index (χ4v) is 3.37. The van der Waals surface area contributed by atoms with Crippen LogP contribution in [0.3, 0.4) is 0 Å². The maximum Gasteiger partial charge on any atom is 0.255 e. The summed E-state index contributed by atoms with van der Waals surface area (Å²) in [4.78, 5) is 23.0. The molecule has 0 radical (unpaired) electrons. The van der Waals surface area contributed by atoms with E-state index in [0.717, 1.165) is 21.8 Å². The molecule has 0 saturated carbocycles. The summed E-state index contributed by atoms with van der Waals surface area (Å²) in [5.74, 6) is 0.577. The first-order valence-electron chi connectivity index (χ1n) is 8.11. The summed E-state index contributed by atoms with van der Waals surface area (Å²) in [6, 6.07) is 13.6. The molecule has 0 spiro atoms. The zero-order chi connectivity index (χ0) is 17.2. The molecule has 3 heterocycles. The molecular formula is C19H16BrN3O2. The molecule has 0 unspecified atom stereocenters. The van der Waals surface area contributed by atoms with E-state index in [9.17, 15) is 4.79 Å². The van der Waals surface area contributed by atoms with Crippen LogP contribution in [0, 0.1) is 0 Å². The lowest BCUT2D eigenvalue weighted by Gasteiger charge is -2.17. The fraction of sp³-hybridized carbons (Fsp3) is 0.211. The lowest BCUT2D eigenvalue weighted by molar-refractivity contribution is 0.0771. The van der Waals surface area contributed by atoms with Crippen LogP contribution in [0.4, 0.5) is 0 Å². The largest absolute Gasteiger partial charge is 0.472 e. The van der Waals surface area contributed by atoms with Gasteiger partial charge in [-0.2, -0.15) is 0 Å². The van der Waals surface area contributed by atoms with Gasteiger partial charge in [0.05, 0.1) is 17.6 Å². The summed E-state index contributed by atoms with van der Waals surface area (Å²) in [7, 11) is 0. The van der Waals surface area contributed by atoms with E-state index < -0.39 is 0 Å². The van der Waals surface area contributed by atoms with Gasteiger partial charge in [-0.25, -0.2) is 4.98 Å². The topological polar surface area (TPSA) is 55.3 Å². The van der Waals surface area contributed by atoms with Crippen LogP contribution < -0.4 is 4.74 Å². The number of ether oxygens (including phenoxy) is 1. The van der Waals surface area contributed by atoms with Gasteiger partial charge in [0, 0.05) is 41.3 Å². The Hall–Kier alpha value is -2.47. The van der Waals surface area contributed by atoms with Gasteiger partial charge in [0.15, 0.2) is 0 Å². The molecule has 0 N–H and O–H groups in total. The highest BCUT2D eigenvalue weighted by atomic mass is 79.9. The van der Waals surface area contributed by atoms with E-state index in [1.807, 2.05) is 36.4 Å². The predicted octanol–water partition coefficient (Wildman–Crippen LogP) is 3.69. The second-order valence-electron chi connectivity index (χ2n) is 6.01. The van der Waals surface area contributed by atoms with Gasteiger partial charge in [0.2, 0.25) is 5.88 Å². The third-order valence-corrected chi connectivity index (χ3v) is 4.68. The number of carbonyl (C=O) groups excluding carboxylic acids is 1. The molecule has 0 aliphatic carbocycles. The smallest absolute Gasteiger partial charge is 0.255 e. The number of likely N-dealkylation sites (tertiary alicyclic amines) is 1. The van der Waals surface area contributed by atoms with Gasteiger partial charge >= 0.3 is 0 Å². The first kappa shape index (κ1) is 16.0. The number of amides is 1. The molecule has 5 nitrogen and oxygen atoms in total. The summed E-state index contributed by atoms with van der Waals surface area (Å²) < 4.78 is 6.79. The van der Waals surface area contributed by atoms with Crippen LogP contribution in [-0.2, 0) is 0 Å². The average Bonchev–Trinajstić information content (AvgIpc) is 3.09. The van der Waals surface area contributed by atoms with Gasteiger partial charge in [0.1, 0.15) is 6.10 Å². The normalized spacial score (nSPS) is 17.0. The number of pyridine rings is 2. The summed E-state index contributed by atoms with van der Waals surface area (Å²) in [5, 5.41) is 1.08. The van der Waals surface area contributed by atoms with Crippen molar-refractivity contribution < 1.29 is 9.53 Å². The molecule has 25 heavy (non-hydrogen) atoms. The molecular weight excluding hydrogens is 382 g/mol. The maximum absolute atomic E-state index is 12.6. The molecule has 3 aromatic rings. The Bertz CT molecular complexity index is 931. The van der Waals surface area contributed by atoms with Gasteiger partial charge in [-0.05, 0) is 34.1 Å². The van der Waals surface area contributed by atoms with Gasteiger partial charge in [-0.15, -0.1) is 0 Å². The lowest BCUT2D eigenvalue weighted by atomic mass is 10.2. The van der Waals surface area contributed by atoms with Crippen LogP contribution in [0.1, 0.15) is 16.8 Å². The molecule has 6 heteroatoms. The monoisotopic (exact) mass is 397 g/mol. The number of nitrogens with zero attached hydrogens (tertiary/aromatic N) is 3. The van der Waals surface area contributed by atoms with Gasteiger partial charge in [0.25, 0.3) is 5.91 Å². The highest BCUT2D eigenvalue weighted by Crippen LogP contribution is 2.21. The fourth-order valence-electron chi connectivity index (χ4n) is 3.00. The van der Waals surface area contributed by atoms with Crippen molar-refractivity contribution in [3.8, 4) is 5.88 Å². The number of benzene rings is 1. The van der Waals surface area contributed by atoms with Crippen LogP contribution in [0.15, 0.2) is 59.3 Å². The maximum atomic E-state index is 12.6. The number of fused-ring (bicyclic) bond motifs is 1. The van der Waals surface area contributed by atoms with Gasteiger partial charge < -0.3 is 9.64 Å². The van der Waals surface area contributed by atoms with Crippen molar-refractivity contribution in [3.63, 3.8) is 0 Å². The summed E-state index contributed by atoms with van der Waals surface area (Å²) in [5.41, 5.74) is 1.49.